The Morgan fingerprint density at radius 2 is 2.06 bits per heavy atom. The minimum Gasteiger partial charge on any atom is -0.383 e. The molecule has 1 heterocycles. The highest BCUT2D eigenvalue weighted by Crippen LogP contribution is 2.30. The second-order valence-corrected chi connectivity index (χ2v) is 5.46. The van der Waals surface area contributed by atoms with Crippen molar-refractivity contribution in [1.29, 1.82) is 0 Å². The summed E-state index contributed by atoms with van der Waals surface area (Å²) in [6.07, 6.45) is 0.583. The normalized spacial score (nSPS) is 26.3. The van der Waals surface area contributed by atoms with Gasteiger partial charge in [-0.3, -0.25) is 9.59 Å². The van der Waals surface area contributed by atoms with Gasteiger partial charge in [0.25, 0.3) is 0 Å². The molecule has 4 nitrogen and oxygen atoms in total. The topological polar surface area (TPSA) is 46.6 Å². The Hall–Kier alpha value is -0.900. The Labute approximate surface area is 96.9 Å². The number of ether oxygens (including phenoxy) is 1. The molecule has 0 aliphatic carbocycles. The summed E-state index contributed by atoms with van der Waals surface area (Å²) in [6.45, 7) is 6.06. The molecule has 0 aromatic carbocycles. The molecule has 1 unspecified atom stereocenters. The van der Waals surface area contributed by atoms with E-state index in [1.54, 1.807) is 19.1 Å². The van der Waals surface area contributed by atoms with Crippen molar-refractivity contribution in [2.45, 2.75) is 33.2 Å². The number of likely N-dealkylation sites (N-methyl/N-ethyl adjacent to an activating group) is 1. The number of carbonyl (C=O) groups excluding carboxylic acids is 2. The monoisotopic (exact) mass is 227 g/mol. The molecule has 1 fully saturated rings. The van der Waals surface area contributed by atoms with Crippen LogP contribution < -0.4 is 0 Å². The van der Waals surface area contributed by atoms with Gasteiger partial charge in [-0.2, -0.15) is 0 Å². The summed E-state index contributed by atoms with van der Waals surface area (Å²) in [7, 11) is 3.35. The van der Waals surface area contributed by atoms with Gasteiger partial charge in [-0.1, -0.05) is 20.8 Å². The number of nitrogens with zero attached hydrogens (tertiary/aromatic N) is 1. The first-order valence-electron chi connectivity index (χ1n) is 5.59. The Morgan fingerprint density at radius 3 is 2.50 bits per heavy atom. The molecule has 4 heteroatoms. The summed E-state index contributed by atoms with van der Waals surface area (Å²) >= 11 is 0. The van der Waals surface area contributed by atoms with Gasteiger partial charge in [0.1, 0.15) is 0 Å². The van der Waals surface area contributed by atoms with Gasteiger partial charge in [-0.15, -0.1) is 0 Å². The zero-order chi connectivity index (χ0) is 12.5. The van der Waals surface area contributed by atoms with Gasteiger partial charge in [0.2, 0.25) is 5.91 Å². The largest absolute Gasteiger partial charge is 0.383 e. The molecule has 0 radical (unpaired) electrons. The first kappa shape index (κ1) is 13.2. The molecule has 0 spiro atoms. The fraction of sp³-hybridized carbons (Fsp3) is 0.833. The van der Waals surface area contributed by atoms with Crippen molar-refractivity contribution in [1.82, 2.24) is 4.90 Å². The first-order valence-corrected chi connectivity index (χ1v) is 5.59. The average Bonchev–Trinajstić information content (AvgIpc) is 2.44. The van der Waals surface area contributed by atoms with E-state index in [9.17, 15) is 9.59 Å². The fourth-order valence-corrected chi connectivity index (χ4v) is 2.07. The summed E-state index contributed by atoms with van der Waals surface area (Å²) in [6, 6.07) is 0.0359. The van der Waals surface area contributed by atoms with Crippen LogP contribution in [0.15, 0.2) is 0 Å². The Balaban J connectivity index is 2.78. The molecule has 16 heavy (non-hydrogen) atoms. The van der Waals surface area contributed by atoms with Gasteiger partial charge >= 0.3 is 0 Å². The molecular weight excluding hydrogens is 206 g/mol. The van der Waals surface area contributed by atoms with Gasteiger partial charge in [-0.25, -0.2) is 0 Å². The number of likely N-dealkylation sites (tertiary alicyclic amines) is 1. The second kappa shape index (κ2) is 4.53. The highest BCUT2D eigenvalue weighted by Gasteiger charge is 2.44. The molecule has 1 aliphatic heterocycles. The van der Waals surface area contributed by atoms with Gasteiger partial charge in [0, 0.05) is 19.6 Å². The molecule has 0 aromatic rings. The van der Waals surface area contributed by atoms with Gasteiger partial charge < -0.3 is 9.64 Å². The van der Waals surface area contributed by atoms with Crippen molar-refractivity contribution in [2.24, 2.45) is 11.3 Å². The van der Waals surface area contributed by atoms with Crippen LogP contribution in [-0.2, 0) is 14.3 Å². The molecule has 1 aliphatic rings. The number of hydrogen-bond acceptors (Lipinski definition) is 3. The predicted octanol–water partition coefficient (Wildman–Crippen LogP) is 1.09. The van der Waals surface area contributed by atoms with Crippen LogP contribution in [0.4, 0.5) is 0 Å². The van der Waals surface area contributed by atoms with Crippen LogP contribution >= 0.6 is 0 Å². The third kappa shape index (κ3) is 2.43. The summed E-state index contributed by atoms with van der Waals surface area (Å²) < 4.78 is 5.05. The second-order valence-electron chi connectivity index (χ2n) is 5.46. The summed E-state index contributed by atoms with van der Waals surface area (Å²) in [5.74, 6) is -0.518. The van der Waals surface area contributed by atoms with Crippen LogP contribution in [0, 0.1) is 11.3 Å². The number of hydrogen-bond donors (Lipinski definition) is 0. The molecule has 1 rings (SSSR count). The third-order valence-corrected chi connectivity index (χ3v) is 3.12. The number of methoxy groups -OCH3 is 1. The maximum atomic E-state index is 12.1. The minimum absolute atomic E-state index is 0.0305. The highest BCUT2D eigenvalue weighted by atomic mass is 16.5. The van der Waals surface area contributed by atoms with E-state index in [-0.39, 0.29) is 17.7 Å². The van der Waals surface area contributed by atoms with E-state index >= 15 is 0 Å². The molecule has 92 valence electrons. The maximum absolute atomic E-state index is 12.1. The Bertz CT molecular complexity index is 293. The first-order chi connectivity index (χ1) is 7.29. The lowest BCUT2D eigenvalue weighted by Crippen LogP contribution is -2.35. The van der Waals surface area contributed by atoms with Crippen LogP contribution in [0.1, 0.15) is 27.2 Å². The van der Waals surface area contributed by atoms with E-state index in [0.717, 1.165) is 0 Å². The molecule has 2 atom stereocenters. The zero-order valence-corrected chi connectivity index (χ0v) is 10.7. The van der Waals surface area contributed by atoms with Crippen LogP contribution in [0.25, 0.3) is 0 Å². The quantitative estimate of drug-likeness (QED) is 0.678. The Kier molecular flexibility index (Phi) is 3.73. The molecule has 0 saturated carbocycles. The van der Waals surface area contributed by atoms with Gasteiger partial charge in [0.05, 0.1) is 18.6 Å². The zero-order valence-electron chi connectivity index (χ0n) is 10.7. The van der Waals surface area contributed by atoms with E-state index in [1.165, 1.54) is 0 Å². The van der Waals surface area contributed by atoms with Crippen molar-refractivity contribution in [3.8, 4) is 0 Å². The fourth-order valence-electron chi connectivity index (χ4n) is 2.07. The summed E-state index contributed by atoms with van der Waals surface area (Å²) in [5.41, 5.74) is -0.455. The van der Waals surface area contributed by atoms with E-state index in [4.69, 9.17) is 4.74 Å². The Morgan fingerprint density at radius 1 is 1.50 bits per heavy atom. The van der Waals surface area contributed by atoms with Crippen molar-refractivity contribution < 1.29 is 14.3 Å². The van der Waals surface area contributed by atoms with Crippen molar-refractivity contribution in [3.63, 3.8) is 0 Å². The summed E-state index contributed by atoms with van der Waals surface area (Å²) in [4.78, 5) is 25.6. The van der Waals surface area contributed by atoms with Crippen LogP contribution in [0.3, 0.4) is 0 Å². The van der Waals surface area contributed by atoms with Crippen molar-refractivity contribution >= 4 is 11.7 Å². The molecule has 0 aromatic heterocycles. The van der Waals surface area contributed by atoms with Crippen molar-refractivity contribution in [3.05, 3.63) is 0 Å². The predicted molar refractivity (Wildman–Crippen MR) is 61.0 cm³/mol. The molecule has 1 saturated heterocycles. The van der Waals surface area contributed by atoms with Gasteiger partial charge in [0.15, 0.2) is 5.78 Å². The number of Topliss-reactive ketones (excluding diaryl/α,β-unsaturated/α-hetero) is 1. The lowest BCUT2D eigenvalue weighted by Gasteiger charge is -2.20. The smallest absolute Gasteiger partial charge is 0.233 e. The van der Waals surface area contributed by atoms with Crippen LogP contribution in [0.2, 0.25) is 0 Å². The number of rotatable bonds is 3. The lowest BCUT2D eigenvalue weighted by atomic mass is 9.82. The van der Waals surface area contributed by atoms with Crippen molar-refractivity contribution in [2.75, 3.05) is 20.8 Å². The average molecular weight is 227 g/mol. The summed E-state index contributed by atoms with van der Waals surface area (Å²) in [5, 5.41) is 0. The number of amides is 1. The standard InChI is InChI=1S/C12H21NO3/c1-12(2,3)10(14)9-6-8(7-16-5)13(4)11(9)15/h8-9H,6-7H2,1-5H3/t8-,9?/m0/s1. The van der Waals surface area contributed by atoms with E-state index < -0.39 is 11.3 Å². The molecule has 1 amide bonds. The van der Waals surface area contributed by atoms with Crippen LogP contribution in [0.5, 0.6) is 0 Å². The van der Waals surface area contributed by atoms with E-state index in [0.29, 0.717) is 13.0 Å². The molecule has 0 N–H and O–H groups in total. The molecule has 0 bridgehead atoms. The third-order valence-electron chi connectivity index (χ3n) is 3.12. The number of ketones is 1. The maximum Gasteiger partial charge on any atom is 0.233 e. The molecular formula is C12H21NO3. The SMILES string of the molecule is COC[C@@H]1CC(C(=O)C(C)(C)C)C(=O)N1C. The lowest BCUT2D eigenvalue weighted by molar-refractivity contribution is -0.140. The van der Waals surface area contributed by atoms with Crippen LogP contribution in [-0.4, -0.2) is 43.4 Å². The van der Waals surface area contributed by atoms with Gasteiger partial charge in [-0.05, 0) is 6.42 Å². The van der Waals surface area contributed by atoms with E-state index in [1.807, 2.05) is 20.8 Å². The highest BCUT2D eigenvalue weighted by molar-refractivity contribution is 6.04. The number of carbonyl (C=O) groups is 2. The van der Waals surface area contributed by atoms with E-state index in [2.05, 4.69) is 0 Å². The minimum atomic E-state index is -0.481.